The van der Waals surface area contributed by atoms with E-state index in [1.54, 1.807) is 11.8 Å². The van der Waals surface area contributed by atoms with E-state index in [0.29, 0.717) is 13.0 Å². The number of carbonyl (C=O) groups is 2. The number of rotatable bonds is 2. The monoisotopic (exact) mass is 260 g/mol. The van der Waals surface area contributed by atoms with Gasteiger partial charge in [-0.05, 0) is 31.9 Å². The second-order valence-corrected chi connectivity index (χ2v) is 5.10. The number of amides is 2. The van der Waals surface area contributed by atoms with Crippen LogP contribution in [0, 0.1) is 6.92 Å². The fourth-order valence-electron chi connectivity index (χ4n) is 2.56. The standard InChI is InChI=1S/C15H20N2O2/c1-10-6-4-5-7-13(10)12(3)17-9-8-14(18)16-11(2)15(17)19/h4-7,11-12H,8-9H2,1-3H3,(H,16,18). The van der Waals surface area contributed by atoms with Crippen LogP contribution in [0.4, 0.5) is 0 Å². The van der Waals surface area contributed by atoms with Crippen molar-refractivity contribution in [1.29, 1.82) is 0 Å². The van der Waals surface area contributed by atoms with Gasteiger partial charge < -0.3 is 10.2 Å². The highest BCUT2D eigenvalue weighted by atomic mass is 16.2. The van der Waals surface area contributed by atoms with Gasteiger partial charge in [-0.1, -0.05) is 24.3 Å². The first kappa shape index (κ1) is 13.6. The Hall–Kier alpha value is -1.84. The summed E-state index contributed by atoms with van der Waals surface area (Å²) in [6, 6.07) is 7.60. The quantitative estimate of drug-likeness (QED) is 0.881. The number of aryl methyl sites for hydroxylation is 1. The highest BCUT2D eigenvalue weighted by Gasteiger charge is 2.30. The summed E-state index contributed by atoms with van der Waals surface area (Å²) in [6.45, 7) is 6.28. The molecule has 1 heterocycles. The van der Waals surface area contributed by atoms with Gasteiger partial charge in [0.05, 0.1) is 6.04 Å². The lowest BCUT2D eigenvalue weighted by atomic mass is 10.0. The Balaban J connectivity index is 2.27. The molecule has 2 unspecified atom stereocenters. The van der Waals surface area contributed by atoms with Gasteiger partial charge in [0, 0.05) is 13.0 Å². The molecule has 0 radical (unpaired) electrons. The summed E-state index contributed by atoms with van der Waals surface area (Å²) >= 11 is 0. The molecule has 1 aromatic carbocycles. The number of benzene rings is 1. The summed E-state index contributed by atoms with van der Waals surface area (Å²) in [6.07, 6.45) is 0.367. The number of hydrogen-bond acceptors (Lipinski definition) is 2. The molecule has 2 amide bonds. The Kier molecular flexibility index (Phi) is 3.88. The zero-order chi connectivity index (χ0) is 14.0. The number of nitrogens with one attached hydrogen (secondary N) is 1. The van der Waals surface area contributed by atoms with Crippen molar-refractivity contribution in [2.75, 3.05) is 6.54 Å². The first-order chi connectivity index (χ1) is 9.00. The molecular formula is C15H20N2O2. The van der Waals surface area contributed by atoms with Crippen LogP contribution in [0.1, 0.15) is 37.4 Å². The summed E-state index contributed by atoms with van der Waals surface area (Å²) in [5.74, 6) is -0.0677. The minimum absolute atomic E-state index is 0.0103. The van der Waals surface area contributed by atoms with Crippen LogP contribution in [0.2, 0.25) is 0 Å². The summed E-state index contributed by atoms with van der Waals surface area (Å²) in [5, 5.41) is 2.71. The normalized spacial score (nSPS) is 21.8. The fraction of sp³-hybridized carbons (Fsp3) is 0.467. The molecular weight excluding hydrogens is 240 g/mol. The minimum atomic E-state index is -0.443. The third-order valence-electron chi connectivity index (χ3n) is 3.72. The molecule has 1 fully saturated rings. The lowest BCUT2D eigenvalue weighted by Crippen LogP contribution is -2.43. The predicted octanol–water partition coefficient (Wildman–Crippen LogP) is 1.79. The van der Waals surface area contributed by atoms with Crippen LogP contribution < -0.4 is 5.32 Å². The largest absolute Gasteiger partial charge is 0.345 e. The maximum atomic E-state index is 12.3. The molecule has 2 atom stereocenters. The summed E-state index contributed by atoms with van der Waals surface area (Å²) in [7, 11) is 0. The third-order valence-corrected chi connectivity index (χ3v) is 3.72. The number of carbonyl (C=O) groups excluding carboxylic acids is 2. The Morgan fingerprint density at radius 1 is 1.32 bits per heavy atom. The van der Waals surface area contributed by atoms with Gasteiger partial charge in [-0.3, -0.25) is 9.59 Å². The van der Waals surface area contributed by atoms with Gasteiger partial charge in [0.15, 0.2) is 0 Å². The zero-order valence-electron chi connectivity index (χ0n) is 11.6. The van der Waals surface area contributed by atoms with Gasteiger partial charge in [0.1, 0.15) is 6.04 Å². The van der Waals surface area contributed by atoms with Gasteiger partial charge in [-0.2, -0.15) is 0 Å². The molecule has 1 aliphatic heterocycles. The number of hydrogen-bond donors (Lipinski definition) is 1. The van der Waals surface area contributed by atoms with E-state index in [1.165, 1.54) is 5.56 Å². The lowest BCUT2D eigenvalue weighted by Gasteiger charge is -2.30. The Bertz CT molecular complexity index is 499. The van der Waals surface area contributed by atoms with E-state index in [0.717, 1.165) is 5.56 Å². The highest BCUT2D eigenvalue weighted by Crippen LogP contribution is 2.25. The SMILES string of the molecule is Cc1ccccc1C(C)N1CCC(=O)NC(C)C1=O. The van der Waals surface area contributed by atoms with Crippen LogP contribution in [-0.4, -0.2) is 29.3 Å². The molecule has 0 aromatic heterocycles. The van der Waals surface area contributed by atoms with E-state index in [9.17, 15) is 9.59 Å². The third kappa shape index (κ3) is 2.78. The Morgan fingerprint density at radius 2 is 2.00 bits per heavy atom. The molecule has 0 bridgehead atoms. The molecule has 1 aromatic rings. The van der Waals surface area contributed by atoms with Gasteiger partial charge >= 0.3 is 0 Å². The average Bonchev–Trinajstić information content (AvgIpc) is 2.50. The van der Waals surface area contributed by atoms with E-state index < -0.39 is 6.04 Å². The van der Waals surface area contributed by atoms with Crippen LogP contribution in [0.5, 0.6) is 0 Å². The molecule has 1 N–H and O–H groups in total. The van der Waals surface area contributed by atoms with Crippen molar-refractivity contribution in [3.63, 3.8) is 0 Å². The molecule has 0 saturated carbocycles. The van der Waals surface area contributed by atoms with Gasteiger partial charge in [0.2, 0.25) is 11.8 Å². The number of nitrogens with zero attached hydrogens (tertiary/aromatic N) is 1. The maximum absolute atomic E-state index is 12.3. The average molecular weight is 260 g/mol. The second kappa shape index (κ2) is 5.43. The molecule has 4 nitrogen and oxygen atoms in total. The van der Waals surface area contributed by atoms with Crippen molar-refractivity contribution in [1.82, 2.24) is 10.2 Å². The van der Waals surface area contributed by atoms with E-state index in [-0.39, 0.29) is 17.9 Å². The molecule has 102 valence electrons. The molecule has 0 aliphatic carbocycles. The molecule has 2 rings (SSSR count). The summed E-state index contributed by atoms with van der Waals surface area (Å²) < 4.78 is 0. The van der Waals surface area contributed by atoms with Crippen molar-refractivity contribution >= 4 is 11.8 Å². The minimum Gasteiger partial charge on any atom is -0.345 e. The predicted molar refractivity (Wildman–Crippen MR) is 73.5 cm³/mol. The van der Waals surface area contributed by atoms with E-state index >= 15 is 0 Å². The van der Waals surface area contributed by atoms with Crippen molar-refractivity contribution in [2.45, 2.75) is 39.3 Å². The molecule has 4 heteroatoms. The van der Waals surface area contributed by atoms with Crippen molar-refractivity contribution in [2.24, 2.45) is 0 Å². The zero-order valence-corrected chi connectivity index (χ0v) is 11.6. The van der Waals surface area contributed by atoms with Crippen molar-refractivity contribution < 1.29 is 9.59 Å². The molecule has 0 spiro atoms. The molecule has 19 heavy (non-hydrogen) atoms. The Morgan fingerprint density at radius 3 is 2.68 bits per heavy atom. The van der Waals surface area contributed by atoms with Crippen LogP contribution in [-0.2, 0) is 9.59 Å². The second-order valence-electron chi connectivity index (χ2n) is 5.10. The van der Waals surface area contributed by atoms with Crippen LogP contribution in [0.25, 0.3) is 0 Å². The van der Waals surface area contributed by atoms with Gasteiger partial charge in [-0.25, -0.2) is 0 Å². The highest BCUT2D eigenvalue weighted by molar-refractivity contribution is 5.89. The van der Waals surface area contributed by atoms with E-state index in [2.05, 4.69) is 5.32 Å². The van der Waals surface area contributed by atoms with Crippen LogP contribution >= 0.6 is 0 Å². The first-order valence-corrected chi connectivity index (χ1v) is 6.66. The van der Waals surface area contributed by atoms with Crippen molar-refractivity contribution in [3.8, 4) is 0 Å². The fourth-order valence-corrected chi connectivity index (χ4v) is 2.56. The van der Waals surface area contributed by atoms with E-state index in [1.807, 2.05) is 38.1 Å². The smallest absolute Gasteiger partial charge is 0.245 e. The first-order valence-electron chi connectivity index (χ1n) is 6.66. The van der Waals surface area contributed by atoms with Gasteiger partial charge in [0.25, 0.3) is 0 Å². The maximum Gasteiger partial charge on any atom is 0.245 e. The summed E-state index contributed by atoms with van der Waals surface area (Å²) in [5.41, 5.74) is 2.30. The Labute approximate surface area is 113 Å². The van der Waals surface area contributed by atoms with Gasteiger partial charge in [-0.15, -0.1) is 0 Å². The topological polar surface area (TPSA) is 49.4 Å². The van der Waals surface area contributed by atoms with Crippen molar-refractivity contribution in [3.05, 3.63) is 35.4 Å². The van der Waals surface area contributed by atoms with Crippen LogP contribution in [0.3, 0.4) is 0 Å². The van der Waals surface area contributed by atoms with Crippen LogP contribution in [0.15, 0.2) is 24.3 Å². The summed E-state index contributed by atoms with van der Waals surface area (Å²) in [4.78, 5) is 25.6. The lowest BCUT2D eigenvalue weighted by molar-refractivity contribution is -0.134. The van der Waals surface area contributed by atoms with E-state index in [4.69, 9.17) is 0 Å². The molecule has 1 saturated heterocycles. The molecule has 1 aliphatic rings.